The Morgan fingerprint density at radius 1 is 1.23 bits per heavy atom. The summed E-state index contributed by atoms with van der Waals surface area (Å²) < 4.78 is 1.65. The van der Waals surface area contributed by atoms with Crippen LogP contribution >= 0.6 is 0 Å². The molecule has 0 bridgehead atoms. The van der Waals surface area contributed by atoms with Crippen LogP contribution in [0.4, 0.5) is 0 Å². The van der Waals surface area contributed by atoms with E-state index in [-0.39, 0.29) is 11.9 Å². The number of hydrogen-bond donors (Lipinski definition) is 1. The minimum atomic E-state index is -0.0205. The summed E-state index contributed by atoms with van der Waals surface area (Å²) in [6.45, 7) is 2.54. The molecule has 1 atom stereocenters. The molecule has 3 aromatic rings. The summed E-state index contributed by atoms with van der Waals surface area (Å²) in [7, 11) is 0. The predicted molar refractivity (Wildman–Crippen MR) is 85.1 cm³/mol. The Morgan fingerprint density at radius 3 is 2.82 bits per heavy atom. The third-order valence-corrected chi connectivity index (χ3v) is 3.69. The highest BCUT2D eigenvalue weighted by Gasteiger charge is 2.10. The van der Waals surface area contributed by atoms with Crippen molar-refractivity contribution in [3.05, 3.63) is 60.7 Å². The molecule has 22 heavy (non-hydrogen) atoms. The minimum absolute atomic E-state index is 0.0103. The standard InChI is InChI=1S/C17H18N4O/c1-13(20-17(22)8-9-21-12-18-11-19-21)15-7-6-14-4-2-3-5-16(14)10-15/h2-7,10-13H,8-9H2,1H3,(H,20,22). The van der Waals surface area contributed by atoms with E-state index in [1.165, 1.54) is 17.1 Å². The largest absolute Gasteiger partial charge is 0.350 e. The number of carbonyl (C=O) groups excluding carboxylic acids is 1. The molecule has 0 fully saturated rings. The summed E-state index contributed by atoms with van der Waals surface area (Å²) >= 11 is 0. The van der Waals surface area contributed by atoms with Crippen molar-refractivity contribution in [2.75, 3.05) is 0 Å². The number of aryl methyl sites for hydroxylation is 1. The van der Waals surface area contributed by atoms with Gasteiger partial charge in [-0.3, -0.25) is 9.48 Å². The van der Waals surface area contributed by atoms with Gasteiger partial charge in [-0.15, -0.1) is 0 Å². The molecule has 0 spiro atoms. The molecule has 0 aliphatic heterocycles. The van der Waals surface area contributed by atoms with Crippen LogP contribution in [0.1, 0.15) is 24.9 Å². The number of fused-ring (bicyclic) bond motifs is 1. The average molecular weight is 294 g/mol. The van der Waals surface area contributed by atoms with Gasteiger partial charge in [0.25, 0.3) is 0 Å². The molecule has 0 saturated carbocycles. The van der Waals surface area contributed by atoms with Crippen molar-refractivity contribution in [2.45, 2.75) is 25.9 Å². The second-order valence-electron chi connectivity index (χ2n) is 5.30. The molecule has 1 unspecified atom stereocenters. The molecular weight excluding hydrogens is 276 g/mol. The summed E-state index contributed by atoms with van der Waals surface area (Å²) in [4.78, 5) is 15.9. The van der Waals surface area contributed by atoms with E-state index in [1.54, 1.807) is 11.0 Å². The van der Waals surface area contributed by atoms with Gasteiger partial charge in [-0.2, -0.15) is 5.10 Å². The number of hydrogen-bond acceptors (Lipinski definition) is 3. The number of aromatic nitrogens is 3. The SMILES string of the molecule is CC(NC(=O)CCn1cncn1)c1ccc2ccccc2c1. The molecule has 1 amide bonds. The van der Waals surface area contributed by atoms with Crippen molar-refractivity contribution in [3.8, 4) is 0 Å². The molecule has 1 aromatic heterocycles. The van der Waals surface area contributed by atoms with E-state index in [0.717, 1.165) is 5.56 Å². The van der Waals surface area contributed by atoms with Gasteiger partial charge in [-0.25, -0.2) is 4.98 Å². The monoisotopic (exact) mass is 294 g/mol. The Kier molecular flexibility index (Phi) is 4.14. The first kappa shape index (κ1) is 14.3. The van der Waals surface area contributed by atoms with E-state index in [4.69, 9.17) is 0 Å². The van der Waals surface area contributed by atoms with Crippen molar-refractivity contribution in [2.24, 2.45) is 0 Å². The number of nitrogens with one attached hydrogen (secondary N) is 1. The molecule has 0 aliphatic carbocycles. The van der Waals surface area contributed by atoms with Crippen LogP contribution in [0.5, 0.6) is 0 Å². The Bertz CT molecular complexity index is 767. The lowest BCUT2D eigenvalue weighted by Gasteiger charge is -2.15. The molecule has 1 N–H and O–H groups in total. The first-order valence-electron chi connectivity index (χ1n) is 7.33. The highest BCUT2D eigenvalue weighted by Crippen LogP contribution is 2.20. The van der Waals surface area contributed by atoms with Gasteiger partial charge in [0, 0.05) is 6.42 Å². The maximum absolute atomic E-state index is 12.0. The normalized spacial score (nSPS) is 12.2. The maximum Gasteiger partial charge on any atom is 0.222 e. The zero-order chi connectivity index (χ0) is 15.4. The summed E-state index contributed by atoms with van der Waals surface area (Å²) in [6.07, 6.45) is 3.47. The number of nitrogens with zero attached hydrogens (tertiary/aromatic N) is 3. The first-order chi connectivity index (χ1) is 10.7. The summed E-state index contributed by atoms with van der Waals surface area (Å²) in [5.74, 6) is 0.0103. The van der Waals surface area contributed by atoms with Crippen LogP contribution in [-0.4, -0.2) is 20.7 Å². The number of rotatable bonds is 5. The van der Waals surface area contributed by atoms with Crippen LogP contribution in [-0.2, 0) is 11.3 Å². The summed E-state index contributed by atoms with van der Waals surface area (Å²) in [5, 5.41) is 9.40. The van der Waals surface area contributed by atoms with E-state index >= 15 is 0 Å². The Labute approximate surface area is 129 Å². The maximum atomic E-state index is 12.0. The van der Waals surface area contributed by atoms with Gasteiger partial charge in [-0.05, 0) is 29.3 Å². The van der Waals surface area contributed by atoms with Crippen LogP contribution in [0.15, 0.2) is 55.1 Å². The molecule has 3 rings (SSSR count). The summed E-state index contributed by atoms with van der Waals surface area (Å²) in [5.41, 5.74) is 1.10. The van der Waals surface area contributed by atoms with E-state index in [1.807, 2.05) is 19.1 Å². The van der Waals surface area contributed by atoms with E-state index in [0.29, 0.717) is 13.0 Å². The van der Waals surface area contributed by atoms with Crippen molar-refractivity contribution in [1.29, 1.82) is 0 Å². The van der Waals surface area contributed by atoms with Gasteiger partial charge < -0.3 is 5.32 Å². The Hall–Kier alpha value is -2.69. The second-order valence-corrected chi connectivity index (χ2v) is 5.30. The third kappa shape index (κ3) is 3.31. The van der Waals surface area contributed by atoms with Crippen LogP contribution in [0.3, 0.4) is 0 Å². The Balaban J connectivity index is 1.62. The highest BCUT2D eigenvalue weighted by molar-refractivity contribution is 5.83. The topological polar surface area (TPSA) is 59.8 Å². The van der Waals surface area contributed by atoms with Crippen LogP contribution < -0.4 is 5.32 Å². The van der Waals surface area contributed by atoms with E-state index < -0.39 is 0 Å². The quantitative estimate of drug-likeness (QED) is 0.787. The fourth-order valence-electron chi connectivity index (χ4n) is 2.44. The number of amides is 1. The lowest BCUT2D eigenvalue weighted by atomic mass is 10.0. The van der Waals surface area contributed by atoms with Crippen LogP contribution in [0.25, 0.3) is 10.8 Å². The van der Waals surface area contributed by atoms with Gasteiger partial charge in [0.2, 0.25) is 5.91 Å². The number of carbonyl (C=O) groups is 1. The lowest BCUT2D eigenvalue weighted by Crippen LogP contribution is -2.27. The van der Waals surface area contributed by atoms with Crippen molar-refractivity contribution in [1.82, 2.24) is 20.1 Å². The molecule has 5 heteroatoms. The van der Waals surface area contributed by atoms with Gasteiger partial charge >= 0.3 is 0 Å². The zero-order valence-corrected chi connectivity index (χ0v) is 12.4. The van der Waals surface area contributed by atoms with Gasteiger partial charge in [0.15, 0.2) is 0 Å². The molecule has 1 heterocycles. The lowest BCUT2D eigenvalue weighted by molar-refractivity contribution is -0.122. The van der Waals surface area contributed by atoms with Crippen molar-refractivity contribution in [3.63, 3.8) is 0 Å². The molecule has 0 saturated heterocycles. The van der Waals surface area contributed by atoms with Crippen molar-refractivity contribution < 1.29 is 4.79 Å². The summed E-state index contributed by atoms with van der Waals surface area (Å²) in [6, 6.07) is 14.5. The predicted octanol–water partition coefficient (Wildman–Crippen LogP) is 2.70. The molecular formula is C17H18N4O. The van der Waals surface area contributed by atoms with Crippen molar-refractivity contribution >= 4 is 16.7 Å². The minimum Gasteiger partial charge on any atom is -0.350 e. The van der Waals surface area contributed by atoms with Gasteiger partial charge in [0.1, 0.15) is 12.7 Å². The second kappa shape index (κ2) is 6.39. The number of benzene rings is 2. The van der Waals surface area contributed by atoms with Crippen LogP contribution in [0, 0.1) is 0 Å². The first-order valence-corrected chi connectivity index (χ1v) is 7.33. The Morgan fingerprint density at radius 2 is 2.05 bits per heavy atom. The molecule has 5 nitrogen and oxygen atoms in total. The molecule has 2 aromatic carbocycles. The smallest absolute Gasteiger partial charge is 0.222 e. The van der Waals surface area contributed by atoms with Crippen LogP contribution in [0.2, 0.25) is 0 Å². The fraction of sp³-hybridized carbons (Fsp3) is 0.235. The average Bonchev–Trinajstić information content (AvgIpc) is 3.06. The molecule has 0 aliphatic rings. The molecule has 0 radical (unpaired) electrons. The fourth-order valence-corrected chi connectivity index (χ4v) is 2.44. The zero-order valence-electron chi connectivity index (χ0n) is 12.4. The van der Waals surface area contributed by atoms with Gasteiger partial charge in [0.05, 0.1) is 12.6 Å². The third-order valence-electron chi connectivity index (χ3n) is 3.69. The van der Waals surface area contributed by atoms with E-state index in [9.17, 15) is 4.79 Å². The van der Waals surface area contributed by atoms with E-state index in [2.05, 4.69) is 45.7 Å². The van der Waals surface area contributed by atoms with Gasteiger partial charge in [-0.1, -0.05) is 36.4 Å². The highest BCUT2D eigenvalue weighted by atomic mass is 16.1. The molecule has 112 valence electrons.